The molecule has 2 aromatic heterocycles. The molecule has 2 aliphatic heterocycles. The molecule has 1 atom stereocenters. The number of carbonyl (C=O) groups is 2. The number of hydrogen-bond donors (Lipinski definition) is 3. The standard InChI is InChI=1S/C31H41N7O3/c39-29(37(20-27-32-12-13-33-27)21-28-34-14-15-35-28)24-8-6-23(7-9-24)19-36-16-10-31(11-17-36)18-26(30(40)41)38(22-31)25-4-2-1-3-5-25/h6-9,12-15,25-26H,1-5,10-11,16-22H2,(H,32,33)(H,34,35)(H,40,41). The van der Waals surface area contributed by atoms with Crippen LogP contribution in [0, 0.1) is 5.41 Å². The first kappa shape index (κ1) is 27.7. The summed E-state index contributed by atoms with van der Waals surface area (Å²) in [7, 11) is 0. The molecular formula is C31H41N7O3. The number of rotatable bonds is 9. The number of nitrogens with zero attached hydrogens (tertiary/aromatic N) is 5. The Balaban J connectivity index is 1.05. The number of likely N-dealkylation sites (tertiary alicyclic amines) is 2. The molecule has 218 valence electrons. The van der Waals surface area contributed by atoms with Crippen LogP contribution in [0.5, 0.6) is 0 Å². The van der Waals surface area contributed by atoms with Crippen molar-refractivity contribution in [3.8, 4) is 0 Å². The van der Waals surface area contributed by atoms with Crippen LogP contribution in [0.2, 0.25) is 0 Å². The van der Waals surface area contributed by atoms with Gasteiger partial charge in [-0.15, -0.1) is 0 Å². The van der Waals surface area contributed by atoms with E-state index in [1.165, 1.54) is 24.8 Å². The van der Waals surface area contributed by atoms with Crippen molar-refractivity contribution in [2.75, 3.05) is 19.6 Å². The third kappa shape index (κ3) is 6.38. The van der Waals surface area contributed by atoms with E-state index in [9.17, 15) is 14.7 Å². The smallest absolute Gasteiger partial charge is 0.320 e. The van der Waals surface area contributed by atoms with Crippen LogP contribution >= 0.6 is 0 Å². The molecule has 3 aliphatic rings. The number of aromatic nitrogens is 4. The Kier molecular flexibility index (Phi) is 8.20. The molecule has 41 heavy (non-hydrogen) atoms. The van der Waals surface area contributed by atoms with Gasteiger partial charge < -0.3 is 20.0 Å². The maximum atomic E-state index is 13.4. The lowest BCUT2D eigenvalue weighted by Gasteiger charge is -2.40. The number of amides is 1. The molecule has 3 N–H and O–H groups in total. The lowest BCUT2D eigenvalue weighted by Crippen LogP contribution is -2.45. The Bertz CT molecular complexity index is 1240. The molecular weight excluding hydrogens is 518 g/mol. The van der Waals surface area contributed by atoms with Gasteiger partial charge in [0.05, 0.1) is 13.1 Å². The van der Waals surface area contributed by atoms with Gasteiger partial charge in [-0.1, -0.05) is 31.4 Å². The molecule has 1 saturated carbocycles. The van der Waals surface area contributed by atoms with Crippen LogP contribution in [0.1, 0.15) is 78.9 Å². The summed E-state index contributed by atoms with van der Waals surface area (Å²) < 4.78 is 0. The Hall–Kier alpha value is -3.50. The number of piperidine rings is 1. The van der Waals surface area contributed by atoms with Crippen LogP contribution in [-0.4, -0.2) is 83.3 Å². The summed E-state index contributed by atoms with van der Waals surface area (Å²) in [6.07, 6.45) is 15.8. The average Bonchev–Trinajstić information content (AvgIpc) is 3.77. The first-order chi connectivity index (χ1) is 20.0. The van der Waals surface area contributed by atoms with E-state index in [0.717, 1.165) is 69.9 Å². The quantitative estimate of drug-likeness (QED) is 0.362. The number of hydrogen-bond acceptors (Lipinski definition) is 6. The van der Waals surface area contributed by atoms with Crippen LogP contribution in [-0.2, 0) is 24.4 Å². The van der Waals surface area contributed by atoms with Gasteiger partial charge in [0.2, 0.25) is 0 Å². The van der Waals surface area contributed by atoms with E-state index < -0.39 is 5.97 Å². The van der Waals surface area contributed by atoms with Crippen molar-refractivity contribution in [2.24, 2.45) is 5.41 Å². The fraction of sp³-hybridized carbons (Fsp3) is 0.548. The number of aromatic amines is 2. The normalized spacial score (nSPS) is 21.8. The van der Waals surface area contributed by atoms with E-state index in [-0.39, 0.29) is 17.4 Å². The zero-order valence-electron chi connectivity index (χ0n) is 23.7. The Morgan fingerprint density at radius 1 is 0.951 bits per heavy atom. The second-order valence-electron chi connectivity index (χ2n) is 12.2. The van der Waals surface area contributed by atoms with E-state index in [1.807, 2.05) is 12.1 Å². The Morgan fingerprint density at radius 3 is 2.15 bits per heavy atom. The van der Waals surface area contributed by atoms with E-state index >= 15 is 0 Å². The highest BCUT2D eigenvalue weighted by atomic mass is 16.4. The second-order valence-corrected chi connectivity index (χ2v) is 12.2. The van der Waals surface area contributed by atoms with E-state index in [4.69, 9.17) is 0 Å². The number of imidazole rings is 2. The summed E-state index contributed by atoms with van der Waals surface area (Å²) in [5.74, 6) is 0.740. The second kappa shape index (κ2) is 12.2. The molecule has 3 fully saturated rings. The van der Waals surface area contributed by atoms with E-state index in [1.54, 1.807) is 29.7 Å². The largest absolute Gasteiger partial charge is 0.480 e. The minimum absolute atomic E-state index is 0.0685. The van der Waals surface area contributed by atoms with Crippen LogP contribution in [0.4, 0.5) is 0 Å². The predicted molar refractivity (Wildman–Crippen MR) is 154 cm³/mol. The third-order valence-electron chi connectivity index (χ3n) is 9.48. The van der Waals surface area contributed by atoms with Crippen LogP contribution in [0.25, 0.3) is 0 Å². The molecule has 1 spiro atoms. The lowest BCUT2D eigenvalue weighted by molar-refractivity contribution is -0.143. The number of carboxylic acids is 1. The first-order valence-corrected chi connectivity index (χ1v) is 15.0. The number of nitrogens with one attached hydrogen (secondary N) is 2. The molecule has 0 bridgehead atoms. The third-order valence-corrected chi connectivity index (χ3v) is 9.48. The maximum Gasteiger partial charge on any atom is 0.320 e. The van der Waals surface area contributed by atoms with Crippen LogP contribution in [0.15, 0.2) is 49.1 Å². The minimum atomic E-state index is -0.642. The summed E-state index contributed by atoms with van der Waals surface area (Å²) in [5.41, 5.74) is 1.94. The van der Waals surface area contributed by atoms with Crippen molar-refractivity contribution >= 4 is 11.9 Å². The number of carbonyl (C=O) groups excluding carboxylic acids is 1. The van der Waals surface area contributed by atoms with Gasteiger partial charge in [0.25, 0.3) is 5.91 Å². The van der Waals surface area contributed by atoms with Crippen LogP contribution in [0.3, 0.4) is 0 Å². The molecule has 0 radical (unpaired) electrons. The van der Waals surface area contributed by atoms with Crippen molar-refractivity contribution in [3.63, 3.8) is 0 Å². The highest BCUT2D eigenvalue weighted by molar-refractivity contribution is 5.94. The van der Waals surface area contributed by atoms with Gasteiger partial charge in [0.15, 0.2) is 0 Å². The summed E-state index contributed by atoms with van der Waals surface area (Å²) in [4.78, 5) is 46.9. The van der Waals surface area contributed by atoms with Crippen molar-refractivity contribution in [1.82, 2.24) is 34.6 Å². The van der Waals surface area contributed by atoms with E-state index in [2.05, 4.69) is 41.9 Å². The van der Waals surface area contributed by atoms with Gasteiger partial charge in [-0.2, -0.15) is 0 Å². The molecule has 3 aromatic rings. The fourth-order valence-corrected chi connectivity index (χ4v) is 7.19. The predicted octanol–water partition coefficient (Wildman–Crippen LogP) is 4.05. The molecule has 6 rings (SSSR count). The van der Waals surface area contributed by atoms with Crippen molar-refractivity contribution < 1.29 is 14.7 Å². The molecule has 2 saturated heterocycles. The topological polar surface area (TPSA) is 121 Å². The number of H-pyrrole nitrogens is 2. The highest BCUT2D eigenvalue weighted by Gasteiger charge is 2.49. The van der Waals surface area contributed by atoms with Crippen LogP contribution < -0.4 is 0 Å². The van der Waals surface area contributed by atoms with Crippen molar-refractivity contribution in [1.29, 1.82) is 0 Å². The first-order valence-electron chi connectivity index (χ1n) is 15.0. The summed E-state index contributed by atoms with van der Waals surface area (Å²) in [6.45, 7) is 4.46. The maximum absolute atomic E-state index is 13.4. The lowest BCUT2D eigenvalue weighted by atomic mass is 9.76. The molecule has 1 amide bonds. The fourth-order valence-electron chi connectivity index (χ4n) is 7.19. The summed E-state index contributed by atoms with van der Waals surface area (Å²) in [5, 5.41) is 10.0. The van der Waals surface area contributed by atoms with Gasteiger partial charge in [-0.3, -0.25) is 19.4 Å². The Labute approximate surface area is 241 Å². The molecule has 1 aromatic carbocycles. The van der Waals surface area contributed by atoms with Gasteiger partial charge in [-0.05, 0) is 68.3 Å². The Morgan fingerprint density at radius 2 is 1.59 bits per heavy atom. The van der Waals surface area contributed by atoms with Crippen molar-refractivity contribution in [2.45, 2.75) is 83.1 Å². The summed E-state index contributed by atoms with van der Waals surface area (Å²) in [6, 6.07) is 8.05. The average molecular weight is 560 g/mol. The summed E-state index contributed by atoms with van der Waals surface area (Å²) >= 11 is 0. The zero-order chi connectivity index (χ0) is 28.2. The van der Waals surface area contributed by atoms with Gasteiger partial charge in [-0.25, -0.2) is 9.97 Å². The van der Waals surface area contributed by atoms with Crippen molar-refractivity contribution in [3.05, 3.63) is 71.8 Å². The number of carboxylic acid groups (broad SMARTS) is 1. The molecule has 4 heterocycles. The van der Waals surface area contributed by atoms with Gasteiger partial charge in [0, 0.05) is 49.5 Å². The molecule has 1 aliphatic carbocycles. The number of benzene rings is 1. The SMILES string of the molecule is O=C(O)C1CC2(CCN(Cc3ccc(C(=O)N(Cc4ncc[nH]4)Cc4ncc[nH]4)cc3)CC2)CN1C1CCCCC1. The number of aliphatic carboxylic acids is 1. The molecule has 1 unspecified atom stereocenters. The molecule has 10 heteroatoms. The van der Waals surface area contributed by atoms with Gasteiger partial charge in [0.1, 0.15) is 17.7 Å². The molecule has 10 nitrogen and oxygen atoms in total. The van der Waals surface area contributed by atoms with E-state index in [0.29, 0.717) is 24.7 Å². The monoisotopic (exact) mass is 559 g/mol. The zero-order valence-corrected chi connectivity index (χ0v) is 23.7. The minimum Gasteiger partial charge on any atom is -0.480 e. The highest BCUT2D eigenvalue weighted by Crippen LogP contribution is 2.45. The van der Waals surface area contributed by atoms with Gasteiger partial charge >= 0.3 is 5.97 Å².